The number of thioether (sulfide) groups is 1. The van der Waals surface area contributed by atoms with E-state index >= 15 is 0 Å². The Morgan fingerprint density at radius 2 is 1.70 bits per heavy atom. The van der Waals surface area contributed by atoms with Crippen LogP contribution in [0.1, 0.15) is 24.0 Å². The van der Waals surface area contributed by atoms with Crippen LogP contribution in [0.15, 0.2) is 46.3 Å². The summed E-state index contributed by atoms with van der Waals surface area (Å²) in [6.45, 7) is 2.01. The third kappa shape index (κ3) is 5.47. The Labute approximate surface area is 172 Å². The average Bonchev–Trinajstić information content (AvgIpc) is 3.10. The van der Waals surface area contributed by atoms with Gasteiger partial charge in [-0.1, -0.05) is 0 Å². The molecule has 10 heteroatoms. The van der Waals surface area contributed by atoms with E-state index in [2.05, 4.69) is 4.99 Å². The Kier molecular flexibility index (Phi) is 6.35. The van der Waals surface area contributed by atoms with Crippen molar-refractivity contribution in [3.05, 3.63) is 53.3 Å². The topological polar surface area (TPSA) is 15.6 Å². The first-order valence-electron chi connectivity index (χ1n) is 8.96. The standard InChI is InChI=1S/C20H17F7N2S/c1-12-9-15(21)16(10-17(12)30-11-19(22,23)24)28-18-3-2-8-29(18)14-6-4-13(5-7-14)20(25,26)27/h4-7,9-10H,2-3,8,11H2,1H3. The largest absolute Gasteiger partial charge is 0.416 e. The highest BCUT2D eigenvalue weighted by Crippen LogP contribution is 2.35. The Morgan fingerprint density at radius 1 is 1.03 bits per heavy atom. The van der Waals surface area contributed by atoms with Crippen LogP contribution in [0.4, 0.5) is 42.1 Å². The van der Waals surface area contributed by atoms with Gasteiger partial charge in [-0.25, -0.2) is 9.38 Å². The van der Waals surface area contributed by atoms with Gasteiger partial charge in [-0.3, -0.25) is 0 Å². The lowest BCUT2D eigenvalue weighted by atomic mass is 10.2. The fraction of sp³-hybridized carbons (Fsp3) is 0.350. The van der Waals surface area contributed by atoms with Gasteiger partial charge in [0, 0.05) is 23.5 Å². The third-order valence-corrected chi connectivity index (χ3v) is 5.71. The van der Waals surface area contributed by atoms with Crippen LogP contribution in [-0.2, 0) is 6.18 Å². The second-order valence-electron chi connectivity index (χ2n) is 6.80. The van der Waals surface area contributed by atoms with E-state index in [9.17, 15) is 30.7 Å². The molecule has 162 valence electrons. The number of hydrogen-bond donors (Lipinski definition) is 0. The van der Waals surface area contributed by atoms with E-state index in [0.29, 0.717) is 48.2 Å². The first-order valence-corrected chi connectivity index (χ1v) is 9.95. The Balaban J connectivity index is 1.88. The second-order valence-corrected chi connectivity index (χ2v) is 7.82. The summed E-state index contributed by atoms with van der Waals surface area (Å²) in [6, 6.07) is 6.97. The maximum Gasteiger partial charge on any atom is 0.416 e. The molecular weight excluding hydrogens is 433 g/mol. The summed E-state index contributed by atoms with van der Waals surface area (Å²) in [5.41, 5.74) is -0.0194. The van der Waals surface area contributed by atoms with E-state index in [1.807, 2.05) is 0 Å². The normalized spacial score (nSPS) is 16.5. The van der Waals surface area contributed by atoms with E-state index in [4.69, 9.17) is 0 Å². The average molecular weight is 450 g/mol. The first kappa shape index (κ1) is 22.5. The summed E-state index contributed by atoms with van der Waals surface area (Å²) in [7, 11) is 0. The van der Waals surface area contributed by atoms with Crippen molar-refractivity contribution in [2.24, 2.45) is 4.99 Å². The van der Waals surface area contributed by atoms with Crippen LogP contribution in [0.3, 0.4) is 0 Å². The molecule has 1 fully saturated rings. The van der Waals surface area contributed by atoms with Gasteiger partial charge in [0.05, 0.1) is 11.3 Å². The quantitative estimate of drug-likeness (QED) is 0.364. The van der Waals surface area contributed by atoms with Crippen molar-refractivity contribution in [1.82, 2.24) is 0 Å². The molecule has 0 N–H and O–H groups in total. The summed E-state index contributed by atoms with van der Waals surface area (Å²) in [5.74, 6) is -1.33. The highest BCUT2D eigenvalue weighted by molar-refractivity contribution is 7.99. The zero-order chi connectivity index (χ0) is 22.1. The number of hydrogen-bond acceptors (Lipinski definition) is 2. The minimum atomic E-state index is -4.45. The summed E-state index contributed by atoms with van der Waals surface area (Å²) < 4.78 is 90.2. The molecule has 0 saturated carbocycles. The zero-order valence-corrected chi connectivity index (χ0v) is 16.6. The molecule has 0 amide bonds. The van der Waals surface area contributed by atoms with Gasteiger partial charge in [-0.2, -0.15) is 26.3 Å². The van der Waals surface area contributed by atoms with Crippen LogP contribution in [0.2, 0.25) is 0 Å². The number of amidine groups is 1. The van der Waals surface area contributed by atoms with Crippen molar-refractivity contribution >= 4 is 29.0 Å². The van der Waals surface area contributed by atoms with Crippen LogP contribution in [-0.4, -0.2) is 24.3 Å². The van der Waals surface area contributed by atoms with Crippen molar-refractivity contribution in [3.8, 4) is 0 Å². The van der Waals surface area contributed by atoms with E-state index in [1.54, 1.807) is 4.90 Å². The highest BCUT2D eigenvalue weighted by atomic mass is 32.2. The van der Waals surface area contributed by atoms with Gasteiger partial charge < -0.3 is 4.90 Å². The molecule has 2 aromatic carbocycles. The maximum atomic E-state index is 14.4. The molecule has 0 aromatic heterocycles. The number of alkyl halides is 6. The van der Waals surface area contributed by atoms with Gasteiger partial charge in [-0.05, 0) is 55.3 Å². The molecule has 1 heterocycles. The molecule has 0 unspecified atom stereocenters. The Hall–Kier alpha value is -2.23. The van der Waals surface area contributed by atoms with Crippen LogP contribution >= 0.6 is 11.8 Å². The van der Waals surface area contributed by atoms with Crippen molar-refractivity contribution in [3.63, 3.8) is 0 Å². The van der Waals surface area contributed by atoms with E-state index < -0.39 is 29.5 Å². The number of nitrogens with zero attached hydrogens (tertiary/aromatic N) is 2. The molecule has 2 aromatic rings. The smallest absolute Gasteiger partial charge is 0.330 e. The summed E-state index contributed by atoms with van der Waals surface area (Å²) in [5, 5.41) is 0. The predicted octanol–water partition coefficient (Wildman–Crippen LogP) is 7.14. The molecule has 3 rings (SSSR count). The van der Waals surface area contributed by atoms with Gasteiger partial charge in [0.15, 0.2) is 0 Å². The lowest BCUT2D eigenvalue weighted by molar-refractivity contribution is -0.137. The van der Waals surface area contributed by atoms with Gasteiger partial charge in [-0.15, -0.1) is 11.8 Å². The van der Waals surface area contributed by atoms with Crippen LogP contribution in [0.25, 0.3) is 0 Å². The molecule has 0 radical (unpaired) electrons. The van der Waals surface area contributed by atoms with Gasteiger partial charge in [0.2, 0.25) is 0 Å². The molecule has 1 aliphatic heterocycles. The molecule has 1 saturated heterocycles. The minimum absolute atomic E-state index is 0.0981. The van der Waals surface area contributed by atoms with Gasteiger partial charge >= 0.3 is 12.4 Å². The second kappa shape index (κ2) is 8.49. The predicted molar refractivity (Wildman–Crippen MR) is 103 cm³/mol. The molecular formula is C20H17F7N2S. The fourth-order valence-corrected chi connectivity index (χ4v) is 3.87. The highest BCUT2D eigenvalue weighted by Gasteiger charge is 2.31. The molecule has 0 atom stereocenters. The van der Waals surface area contributed by atoms with Crippen molar-refractivity contribution in [2.45, 2.75) is 37.0 Å². The number of halogens is 7. The molecule has 30 heavy (non-hydrogen) atoms. The van der Waals surface area contributed by atoms with Crippen molar-refractivity contribution < 1.29 is 30.7 Å². The van der Waals surface area contributed by atoms with E-state index in [-0.39, 0.29) is 10.6 Å². The lowest BCUT2D eigenvalue weighted by Gasteiger charge is -2.20. The Bertz CT molecular complexity index is 934. The fourth-order valence-electron chi connectivity index (χ4n) is 3.07. The van der Waals surface area contributed by atoms with Gasteiger partial charge in [0.25, 0.3) is 0 Å². The first-order chi connectivity index (χ1) is 13.9. The van der Waals surface area contributed by atoms with Crippen LogP contribution in [0, 0.1) is 12.7 Å². The monoisotopic (exact) mass is 450 g/mol. The molecule has 2 nitrogen and oxygen atoms in total. The number of rotatable bonds is 4. The Morgan fingerprint density at radius 3 is 2.30 bits per heavy atom. The van der Waals surface area contributed by atoms with Crippen molar-refractivity contribution in [2.75, 3.05) is 17.2 Å². The lowest BCUT2D eigenvalue weighted by Crippen LogP contribution is -2.24. The molecule has 0 aliphatic carbocycles. The molecule has 0 bridgehead atoms. The van der Waals surface area contributed by atoms with Crippen LogP contribution < -0.4 is 4.90 Å². The van der Waals surface area contributed by atoms with E-state index in [0.717, 1.165) is 18.2 Å². The minimum Gasteiger partial charge on any atom is -0.330 e. The third-order valence-electron chi connectivity index (χ3n) is 4.49. The maximum absolute atomic E-state index is 14.4. The zero-order valence-electron chi connectivity index (χ0n) is 15.7. The summed E-state index contributed by atoms with van der Waals surface area (Å²) >= 11 is 0.555. The SMILES string of the molecule is Cc1cc(F)c(N=C2CCCN2c2ccc(C(F)(F)F)cc2)cc1SCC(F)(F)F. The number of benzene rings is 2. The number of anilines is 1. The molecule has 1 aliphatic rings. The summed E-state index contributed by atoms with van der Waals surface area (Å²) in [6.07, 6.45) is -7.67. The molecule has 0 spiro atoms. The van der Waals surface area contributed by atoms with Crippen LogP contribution in [0.5, 0.6) is 0 Å². The number of aliphatic imine (C=N–C) groups is 1. The summed E-state index contributed by atoms with van der Waals surface area (Å²) in [4.78, 5) is 6.24. The van der Waals surface area contributed by atoms with Gasteiger partial charge in [0.1, 0.15) is 17.3 Å². The van der Waals surface area contributed by atoms with Crippen molar-refractivity contribution in [1.29, 1.82) is 0 Å². The number of aryl methyl sites for hydroxylation is 1. The van der Waals surface area contributed by atoms with E-state index in [1.165, 1.54) is 25.1 Å².